The molecule has 0 radical (unpaired) electrons. The largest absolute Gasteiger partial charge is 0.507 e. The van der Waals surface area contributed by atoms with E-state index in [0.717, 1.165) is 0 Å². The van der Waals surface area contributed by atoms with Gasteiger partial charge in [-0.2, -0.15) is 0 Å². The number of carbonyl (C=O) groups is 2. The molecule has 0 aliphatic carbocycles. The first-order chi connectivity index (χ1) is 9.41. The van der Waals surface area contributed by atoms with Crippen molar-refractivity contribution in [3.63, 3.8) is 0 Å². The summed E-state index contributed by atoms with van der Waals surface area (Å²) in [6.45, 7) is 4.00. The lowest BCUT2D eigenvalue weighted by Crippen LogP contribution is -2.19. The van der Waals surface area contributed by atoms with E-state index in [1.54, 1.807) is 0 Å². The molecule has 0 aliphatic rings. The molecule has 20 heavy (non-hydrogen) atoms. The molecule has 0 saturated heterocycles. The number of hydrogen-bond donors (Lipinski definition) is 3. The molecular weight excluding hydrogens is 266 g/mol. The minimum atomic E-state index is -1.35. The van der Waals surface area contributed by atoms with Crippen molar-refractivity contribution >= 4 is 17.7 Å². The molecule has 1 rings (SSSR count). The number of carboxylic acids is 1. The SMILES string of the molecule is CC(C)OCCOC(=O)Nc1cccc(O)c1C(=O)O. The number of ether oxygens (including phenoxy) is 2. The van der Waals surface area contributed by atoms with E-state index in [1.807, 2.05) is 13.8 Å². The van der Waals surface area contributed by atoms with E-state index < -0.39 is 17.8 Å². The van der Waals surface area contributed by atoms with Gasteiger partial charge < -0.3 is 19.7 Å². The highest BCUT2D eigenvalue weighted by Crippen LogP contribution is 2.25. The molecule has 0 saturated carbocycles. The predicted octanol–water partition coefficient (Wildman–Crippen LogP) is 2.06. The molecule has 110 valence electrons. The molecular formula is C13H17NO6. The number of hydrogen-bond acceptors (Lipinski definition) is 5. The second-order valence-electron chi connectivity index (χ2n) is 4.19. The fraction of sp³-hybridized carbons (Fsp3) is 0.385. The number of aromatic hydroxyl groups is 1. The van der Waals surface area contributed by atoms with Gasteiger partial charge in [0, 0.05) is 0 Å². The van der Waals surface area contributed by atoms with Gasteiger partial charge in [-0.3, -0.25) is 5.32 Å². The number of amides is 1. The maximum absolute atomic E-state index is 11.5. The highest BCUT2D eigenvalue weighted by Gasteiger charge is 2.17. The van der Waals surface area contributed by atoms with Crippen LogP contribution in [0.15, 0.2) is 18.2 Å². The molecule has 0 bridgehead atoms. The molecule has 0 spiro atoms. The lowest BCUT2D eigenvalue weighted by atomic mass is 10.1. The van der Waals surface area contributed by atoms with E-state index in [4.69, 9.17) is 14.6 Å². The Hall–Kier alpha value is -2.28. The molecule has 0 heterocycles. The predicted molar refractivity (Wildman–Crippen MR) is 71.1 cm³/mol. The zero-order chi connectivity index (χ0) is 15.1. The Bertz CT molecular complexity index is 486. The van der Waals surface area contributed by atoms with Crippen LogP contribution in [0.5, 0.6) is 5.75 Å². The van der Waals surface area contributed by atoms with Gasteiger partial charge in [0.1, 0.15) is 17.9 Å². The number of carboxylic acid groups (broad SMARTS) is 1. The van der Waals surface area contributed by atoms with Crippen LogP contribution in [0.1, 0.15) is 24.2 Å². The fourth-order valence-corrected chi connectivity index (χ4v) is 1.43. The summed E-state index contributed by atoms with van der Waals surface area (Å²) >= 11 is 0. The van der Waals surface area contributed by atoms with Gasteiger partial charge in [-0.15, -0.1) is 0 Å². The van der Waals surface area contributed by atoms with Crippen LogP contribution in [-0.4, -0.2) is 41.6 Å². The van der Waals surface area contributed by atoms with Crippen LogP contribution in [-0.2, 0) is 9.47 Å². The van der Waals surface area contributed by atoms with E-state index >= 15 is 0 Å². The van der Waals surface area contributed by atoms with Crippen molar-refractivity contribution in [1.29, 1.82) is 0 Å². The Morgan fingerprint density at radius 2 is 2.00 bits per heavy atom. The number of aromatic carboxylic acids is 1. The molecule has 0 fully saturated rings. The number of anilines is 1. The molecule has 0 unspecified atom stereocenters. The lowest BCUT2D eigenvalue weighted by Gasteiger charge is -2.11. The summed E-state index contributed by atoms with van der Waals surface area (Å²) in [5.41, 5.74) is -0.421. The minimum absolute atomic E-state index is 0.0337. The highest BCUT2D eigenvalue weighted by atomic mass is 16.6. The Kier molecular flexibility index (Phi) is 5.79. The monoisotopic (exact) mass is 283 g/mol. The van der Waals surface area contributed by atoms with Crippen LogP contribution in [0, 0.1) is 0 Å². The maximum Gasteiger partial charge on any atom is 0.411 e. The maximum atomic E-state index is 11.5. The molecule has 1 aromatic carbocycles. The smallest absolute Gasteiger partial charge is 0.411 e. The quantitative estimate of drug-likeness (QED) is 0.690. The van der Waals surface area contributed by atoms with Crippen LogP contribution in [0.2, 0.25) is 0 Å². The van der Waals surface area contributed by atoms with Crippen LogP contribution in [0.4, 0.5) is 10.5 Å². The van der Waals surface area contributed by atoms with Gasteiger partial charge in [0.05, 0.1) is 18.4 Å². The molecule has 1 amide bonds. The summed E-state index contributed by atoms with van der Waals surface area (Å²) in [6.07, 6.45) is -0.781. The van der Waals surface area contributed by atoms with Crippen molar-refractivity contribution in [1.82, 2.24) is 0 Å². The first-order valence-corrected chi connectivity index (χ1v) is 6.02. The van der Waals surface area contributed by atoms with E-state index in [9.17, 15) is 14.7 Å². The van der Waals surface area contributed by atoms with Crippen LogP contribution in [0.25, 0.3) is 0 Å². The standard InChI is InChI=1S/C13H17NO6/c1-8(2)19-6-7-20-13(18)14-9-4-3-5-10(15)11(9)12(16)17/h3-5,8,15H,6-7H2,1-2H3,(H,14,18)(H,16,17). The third-order valence-corrected chi connectivity index (χ3v) is 2.26. The van der Waals surface area contributed by atoms with E-state index in [1.165, 1.54) is 18.2 Å². The average Bonchev–Trinajstić information content (AvgIpc) is 2.34. The van der Waals surface area contributed by atoms with E-state index in [-0.39, 0.29) is 30.6 Å². The Balaban J connectivity index is 2.58. The number of carbonyl (C=O) groups excluding carboxylic acids is 1. The van der Waals surface area contributed by atoms with Gasteiger partial charge in [-0.1, -0.05) is 6.07 Å². The second-order valence-corrected chi connectivity index (χ2v) is 4.19. The van der Waals surface area contributed by atoms with Crippen molar-refractivity contribution in [2.45, 2.75) is 20.0 Å². The van der Waals surface area contributed by atoms with Gasteiger partial charge in [0.15, 0.2) is 0 Å². The van der Waals surface area contributed by atoms with Crippen molar-refractivity contribution in [3.05, 3.63) is 23.8 Å². The first kappa shape index (κ1) is 15.8. The summed E-state index contributed by atoms with van der Waals surface area (Å²) in [7, 11) is 0. The second kappa shape index (κ2) is 7.34. The molecule has 7 heteroatoms. The van der Waals surface area contributed by atoms with Crippen molar-refractivity contribution in [2.75, 3.05) is 18.5 Å². The topological polar surface area (TPSA) is 105 Å². The summed E-state index contributed by atoms with van der Waals surface area (Å²) in [5.74, 6) is -1.78. The molecule has 1 aromatic rings. The first-order valence-electron chi connectivity index (χ1n) is 6.02. The van der Waals surface area contributed by atoms with E-state index in [2.05, 4.69) is 5.32 Å². The Morgan fingerprint density at radius 3 is 2.60 bits per heavy atom. The van der Waals surface area contributed by atoms with Crippen LogP contribution >= 0.6 is 0 Å². The fourth-order valence-electron chi connectivity index (χ4n) is 1.43. The average molecular weight is 283 g/mol. The molecule has 0 atom stereocenters. The summed E-state index contributed by atoms with van der Waals surface area (Å²) in [6, 6.07) is 3.99. The summed E-state index contributed by atoms with van der Waals surface area (Å²) in [5, 5.41) is 20.7. The number of nitrogens with one attached hydrogen (secondary N) is 1. The van der Waals surface area contributed by atoms with Gasteiger partial charge in [-0.05, 0) is 26.0 Å². The van der Waals surface area contributed by atoms with Crippen LogP contribution in [0.3, 0.4) is 0 Å². The summed E-state index contributed by atoms with van der Waals surface area (Å²) < 4.78 is 10.0. The van der Waals surface area contributed by atoms with Gasteiger partial charge >= 0.3 is 12.1 Å². The van der Waals surface area contributed by atoms with Crippen molar-refractivity contribution in [2.24, 2.45) is 0 Å². The zero-order valence-corrected chi connectivity index (χ0v) is 11.3. The number of benzene rings is 1. The van der Waals surface area contributed by atoms with Gasteiger partial charge in [-0.25, -0.2) is 9.59 Å². The molecule has 0 aliphatic heterocycles. The zero-order valence-electron chi connectivity index (χ0n) is 11.3. The van der Waals surface area contributed by atoms with Crippen LogP contribution < -0.4 is 5.32 Å². The van der Waals surface area contributed by atoms with Gasteiger partial charge in [0.25, 0.3) is 0 Å². The summed E-state index contributed by atoms with van der Waals surface area (Å²) in [4.78, 5) is 22.5. The molecule has 3 N–H and O–H groups in total. The minimum Gasteiger partial charge on any atom is -0.507 e. The normalized spacial score (nSPS) is 10.3. The third kappa shape index (κ3) is 4.77. The van der Waals surface area contributed by atoms with Crippen molar-refractivity contribution in [3.8, 4) is 5.75 Å². The number of rotatable bonds is 6. The Labute approximate surface area is 116 Å². The number of phenols is 1. The third-order valence-electron chi connectivity index (χ3n) is 2.26. The molecule has 0 aromatic heterocycles. The van der Waals surface area contributed by atoms with Gasteiger partial charge in [0.2, 0.25) is 0 Å². The Morgan fingerprint density at radius 1 is 1.30 bits per heavy atom. The highest BCUT2D eigenvalue weighted by molar-refractivity contribution is 6.01. The van der Waals surface area contributed by atoms with Crippen molar-refractivity contribution < 1.29 is 29.3 Å². The molecule has 7 nitrogen and oxygen atoms in total. The van der Waals surface area contributed by atoms with E-state index in [0.29, 0.717) is 0 Å². The lowest BCUT2D eigenvalue weighted by molar-refractivity contribution is 0.0427.